The van der Waals surface area contributed by atoms with E-state index >= 15 is 0 Å². The third-order valence-corrected chi connectivity index (χ3v) is 2.61. The van der Waals surface area contributed by atoms with Crippen LogP contribution in [0.15, 0.2) is 24.3 Å². The van der Waals surface area contributed by atoms with E-state index in [-0.39, 0.29) is 17.2 Å². The lowest BCUT2D eigenvalue weighted by molar-refractivity contribution is -0.384. The van der Waals surface area contributed by atoms with Crippen molar-refractivity contribution in [3.63, 3.8) is 0 Å². The molecule has 7 nitrogen and oxygen atoms in total. The molecule has 92 valence electrons. The molecule has 0 saturated carbocycles. The molecule has 1 aliphatic rings. The molecule has 2 amide bonds. The van der Waals surface area contributed by atoms with Crippen molar-refractivity contribution in [2.75, 3.05) is 4.90 Å². The minimum atomic E-state index is -0.540. The molecule has 1 N–H and O–H groups in total. The summed E-state index contributed by atoms with van der Waals surface area (Å²) in [7, 11) is 0. The number of amides is 2. The minimum absolute atomic E-state index is 0.0231. The van der Waals surface area contributed by atoms with Gasteiger partial charge in [-0.2, -0.15) is 0 Å². The van der Waals surface area contributed by atoms with Crippen molar-refractivity contribution in [3.05, 3.63) is 34.4 Å². The van der Waals surface area contributed by atoms with Gasteiger partial charge in [0.15, 0.2) is 5.11 Å². The Morgan fingerprint density at radius 3 is 2.39 bits per heavy atom. The van der Waals surface area contributed by atoms with Gasteiger partial charge in [0.1, 0.15) is 6.42 Å². The van der Waals surface area contributed by atoms with E-state index in [2.05, 4.69) is 5.32 Å². The van der Waals surface area contributed by atoms with Gasteiger partial charge in [0.2, 0.25) is 11.8 Å². The summed E-state index contributed by atoms with van der Waals surface area (Å²) < 4.78 is 0. The summed E-state index contributed by atoms with van der Waals surface area (Å²) in [5, 5.41) is 12.8. The first-order chi connectivity index (χ1) is 8.49. The first kappa shape index (κ1) is 12.1. The zero-order chi connectivity index (χ0) is 13.3. The molecule has 1 heterocycles. The number of hydrogen-bond donors (Lipinski definition) is 1. The molecule has 1 aromatic rings. The summed E-state index contributed by atoms with van der Waals surface area (Å²) in [6, 6.07) is 5.34. The third-order valence-electron chi connectivity index (χ3n) is 2.33. The predicted octanol–water partition coefficient (Wildman–Crippen LogP) is 0.733. The second-order valence-electron chi connectivity index (χ2n) is 3.53. The van der Waals surface area contributed by atoms with Crippen LogP contribution >= 0.6 is 12.2 Å². The number of anilines is 1. The lowest BCUT2D eigenvalue weighted by Crippen LogP contribution is -2.52. The van der Waals surface area contributed by atoms with Gasteiger partial charge in [0.05, 0.1) is 10.6 Å². The van der Waals surface area contributed by atoms with E-state index in [9.17, 15) is 19.7 Å². The van der Waals surface area contributed by atoms with Gasteiger partial charge in [0.25, 0.3) is 5.69 Å². The molecule has 0 aromatic heterocycles. The molecular formula is C10H7N3O4S. The fourth-order valence-electron chi connectivity index (χ4n) is 1.53. The molecule has 1 aliphatic heterocycles. The Bertz CT molecular complexity index is 535. The minimum Gasteiger partial charge on any atom is -0.302 e. The Kier molecular flexibility index (Phi) is 3.02. The number of nitrogens with one attached hydrogen (secondary N) is 1. The summed E-state index contributed by atoms with van der Waals surface area (Å²) in [6.45, 7) is 0. The third kappa shape index (κ3) is 2.18. The smallest absolute Gasteiger partial charge is 0.269 e. The maximum Gasteiger partial charge on any atom is 0.269 e. The second kappa shape index (κ2) is 4.49. The average molecular weight is 265 g/mol. The van der Waals surface area contributed by atoms with E-state index in [0.717, 1.165) is 4.90 Å². The van der Waals surface area contributed by atoms with Crippen LogP contribution in [0.4, 0.5) is 11.4 Å². The summed E-state index contributed by atoms with van der Waals surface area (Å²) in [5.74, 6) is -0.916. The molecular weight excluding hydrogens is 258 g/mol. The molecule has 0 unspecified atom stereocenters. The lowest BCUT2D eigenvalue weighted by Gasteiger charge is -2.27. The van der Waals surface area contributed by atoms with Gasteiger partial charge in [-0.3, -0.25) is 24.6 Å². The van der Waals surface area contributed by atoms with Crippen LogP contribution in [0.5, 0.6) is 0 Å². The number of non-ortho nitro benzene ring substituents is 1. The molecule has 1 aromatic carbocycles. The van der Waals surface area contributed by atoms with Crippen LogP contribution in [-0.2, 0) is 9.59 Å². The Morgan fingerprint density at radius 2 is 1.89 bits per heavy atom. The van der Waals surface area contributed by atoms with Crippen molar-refractivity contribution in [2.45, 2.75) is 6.42 Å². The van der Waals surface area contributed by atoms with Crippen LogP contribution in [0.2, 0.25) is 0 Å². The molecule has 0 atom stereocenters. The molecule has 1 fully saturated rings. The molecule has 8 heteroatoms. The van der Waals surface area contributed by atoms with E-state index < -0.39 is 16.7 Å². The van der Waals surface area contributed by atoms with Gasteiger partial charge in [-0.1, -0.05) is 0 Å². The largest absolute Gasteiger partial charge is 0.302 e. The highest BCUT2D eigenvalue weighted by atomic mass is 32.1. The van der Waals surface area contributed by atoms with Crippen LogP contribution in [0.25, 0.3) is 0 Å². The van der Waals surface area contributed by atoms with Crippen LogP contribution in [0, 0.1) is 10.1 Å². The van der Waals surface area contributed by atoms with Crippen LogP contribution in [0.3, 0.4) is 0 Å². The van der Waals surface area contributed by atoms with Crippen molar-refractivity contribution in [1.29, 1.82) is 0 Å². The molecule has 0 aliphatic carbocycles. The number of rotatable bonds is 2. The monoisotopic (exact) mass is 265 g/mol. The number of carbonyl (C=O) groups excluding carboxylic acids is 2. The number of nitro groups is 1. The summed E-state index contributed by atoms with van der Waals surface area (Å²) in [4.78, 5) is 33.8. The van der Waals surface area contributed by atoms with Crippen LogP contribution in [0.1, 0.15) is 6.42 Å². The van der Waals surface area contributed by atoms with Gasteiger partial charge in [-0.15, -0.1) is 0 Å². The van der Waals surface area contributed by atoms with Gasteiger partial charge in [0, 0.05) is 12.1 Å². The number of hydrogen-bond acceptors (Lipinski definition) is 5. The number of carbonyl (C=O) groups is 2. The SMILES string of the molecule is O=C1CC(=O)N(c2ccc([N+](=O)[O-])cc2)C(=S)N1. The molecule has 0 bridgehead atoms. The summed E-state index contributed by atoms with van der Waals surface area (Å²) in [6.07, 6.45) is -0.295. The quantitative estimate of drug-likeness (QED) is 0.368. The standard InChI is InChI=1S/C10H7N3O4S/c14-8-5-9(15)12(10(18)11-8)6-1-3-7(4-2-6)13(16)17/h1-4H,5H2,(H,11,14,18). The second-order valence-corrected chi connectivity index (χ2v) is 3.92. The molecule has 0 radical (unpaired) electrons. The van der Waals surface area contributed by atoms with Crippen molar-refractivity contribution >= 4 is 40.5 Å². The predicted molar refractivity (Wildman–Crippen MR) is 65.9 cm³/mol. The fourth-order valence-corrected chi connectivity index (χ4v) is 1.85. The maximum absolute atomic E-state index is 11.7. The van der Waals surface area contributed by atoms with Crippen LogP contribution < -0.4 is 10.2 Å². The Hall–Kier alpha value is -2.35. The number of nitro benzene ring substituents is 1. The first-order valence-electron chi connectivity index (χ1n) is 4.90. The maximum atomic E-state index is 11.7. The van der Waals surface area contributed by atoms with E-state index in [1.807, 2.05) is 0 Å². The van der Waals surface area contributed by atoms with E-state index in [1.54, 1.807) is 0 Å². The lowest BCUT2D eigenvalue weighted by atomic mass is 10.2. The highest BCUT2D eigenvalue weighted by Gasteiger charge is 2.29. The summed E-state index contributed by atoms with van der Waals surface area (Å²) in [5.41, 5.74) is 0.300. The normalized spacial score (nSPS) is 15.6. The fraction of sp³-hybridized carbons (Fsp3) is 0.100. The highest BCUT2D eigenvalue weighted by molar-refractivity contribution is 7.80. The summed E-state index contributed by atoms with van der Waals surface area (Å²) >= 11 is 4.89. The van der Waals surface area contributed by atoms with Crippen molar-refractivity contribution < 1.29 is 14.5 Å². The van der Waals surface area contributed by atoms with Crippen molar-refractivity contribution in [2.24, 2.45) is 0 Å². The topological polar surface area (TPSA) is 92.5 Å². The molecule has 1 saturated heterocycles. The van der Waals surface area contributed by atoms with Gasteiger partial charge in [-0.25, -0.2) is 0 Å². The van der Waals surface area contributed by atoms with E-state index in [1.165, 1.54) is 24.3 Å². The van der Waals surface area contributed by atoms with Gasteiger partial charge < -0.3 is 5.32 Å². The number of thiocarbonyl (C=S) groups is 1. The zero-order valence-corrected chi connectivity index (χ0v) is 9.77. The van der Waals surface area contributed by atoms with E-state index in [4.69, 9.17) is 12.2 Å². The average Bonchev–Trinajstić information content (AvgIpc) is 2.28. The highest BCUT2D eigenvalue weighted by Crippen LogP contribution is 2.21. The first-order valence-corrected chi connectivity index (χ1v) is 5.31. The Morgan fingerprint density at radius 1 is 1.28 bits per heavy atom. The van der Waals surface area contributed by atoms with E-state index in [0.29, 0.717) is 5.69 Å². The molecule has 2 rings (SSSR count). The van der Waals surface area contributed by atoms with Gasteiger partial charge >= 0.3 is 0 Å². The van der Waals surface area contributed by atoms with Crippen LogP contribution in [-0.4, -0.2) is 21.9 Å². The Labute approximate surface area is 107 Å². The number of nitrogens with zero attached hydrogens (tertiary/aromatic N) is 2. The number of benzene rings is 1. The molecule has 0 spiro atoms. The zero-order valence-electron chi connectivity index (χ0n) is 8.95. The van der Waals surface area contributed by atoms with Crippen molar-refractivity contribution in [3.8, 4) is 0 Å². The molecule has 18 heavy (non-hydrogen) atoms. The van der Waals surface area contributed by atoms with Gasteiger partial charge in [-0.05, 0) is 24.4 Å². The Balaban J connectivity index is 2.30. The van der Waals surface area contributed by atoms with Crippen molar-refractivity contribution in [1.82, 2.24) is 5.32 Å².